The fraction of sp³-hybridized carbons (Fsp3) is 0.500. The topological polar surface area (TPSA) is 48.6 Å². The third kappa shape index (κ3) is 3.20. The van der Waals surface area contributed by atoms with Crippen molar-refractivity contribution in [2.45, 2.75) is 12.6 Å². The first kappa shape index (κ1) is 14.6. The van der Waals surface area contributed by atoms with Crippen LogP contribution in [0.15, 0.2) is 35.1 Å². The van der Waals surface area contributed by atoms with Gasteiger partial charge in [0.05, 0.1) is 6.20 Å². The lowest BCUT2D eigenvalue weighted by atomic mass is 10.1. The molecule has 4 rings (SSSR count). The molecular weight excluding hydrogens is 297 g/mol. The summed E-state index contributed by atoms with van der Waals surface area (Å²) in [6.07, 6.45) is 1.68. The largest absolute Gasteiger partial charge is 0.369 e. The molecule has 23 heavy (non-hydrogen) atoms. The Morgan fingerprint density at radius 3 is 2.48 bits per heavy atom. The second-order valence-electron chi connectivity index (χ2n) is 6.25. The normalized spacial score (nSPS) is 20.7. The third-order valence-corrected chi connectivity index (χ3v) is 4.75. The van der Waals surface area contributed by atoms with E-state index in [0.29, 0.717) is 6.04 Å². The van der Waals surface area contributed by atoms with E-state index in [4.69, 9.17) is 0 Å². The number of likely N-dealkylation sites (tertiary alicyclic amines) is 1. The molecule has 2 saturated heterocycles. The molecular formula is C16H20FN5O. The quantitative estimate of drug-likeness (QED) is 0.845. The number of halogens is 1. The highest BCUT2D eigenvalue weighted by Crippen LogP contribution is 2.21. The van der Waals surface area contributed by atoms with Crippen LogP contribution in [0.1, 0.15) is 5.69 Å². The van der Waals surface area contributed by atoms with Crippen LogP contribution in [0.4, 0.5) is 10.1 Å². The van der Waals surface area contributed by atoms with Gasteiger partial charge < -0.3 is 4.90 Å². The zero-order chi connectivity index (χ0) is 15.6. The van der Waals surface area contributed by atoms with Crippen LogP contribution >= 0.6 is 0 Å². The standard InChI is InChI=1S/C16H20FN5O/c17-13-1-3-15(4-2-13)21-5-7-22(8-6-21)16-11-20(12-16)10-14-9-18-23-19-14/h1-4,9,16H,5-8,10-12H2. The van der Waals surface area contributed by atoms with Crippen molar-refractivity contribution in [1.82, 2.24) is 20.1 Å². The van der Waals surface area contributed by atoms with Crippen LogP contribution in [-0.4, -0.2) is 65.4 Å². The Hall–Kier alpha value is -1.99. The molecule has 3 heterocycles. The summed E-state index contributed by atoms with van der Waals surface area (Å²) >= 11 is 0. The molecule has 2 aromatic rings. The lowest BCUT2D eigenvalue weighted by molar-refractivity contribution is 0.0243. The zero-order valence-corrected chi connectivity index (χ0v) is 12.9. The Morgan fingerprint density at radius 2 is 1.83 bits per heavy atom. The average molecular weight is 317 g/mol. The maximum Gasteiger partial charge on any atom is 0.123 e. The molecule has 0 radical (unpaired) electrons. The highest BCUT2D eigenvalue weighted by Gasteiger charge is 2.33. The van der Waals surface area contributed by atoms with Gasteiger partial charge in [0.25, 0.3) is 0 Å². The molecule has 0 atom stereocenters. The summed E-state index contributed by atoms with van der Waals surface area (Å²) in [5.74, 6) is -0.177. The molecule has 0 unspecified atom stereocenters. The molecule has 2 fully saturated rings. The molecule has 1 aromatic carbocycles. The SMILES string of the molecule is Fc1ccc(N2CCN(C3CN(Cc4cnon4)C3)CC2)cc1. The lowest BCUT2D eigenvalue weighted by Gasteiger charge is -2.48. The van der Waals surface area contributed by atoms with E-state index in [2.05, 4.69) is 29.6 Å². The van der Waals surface area contributed by atoms with Gasteiger partial charge in [-0.2, -0.15) is 0 Å². The molecule has 122 valence electrons. The number of nitrogens with zero attached hydrogens (tertiary/aromatic N) is 5. The van der Waals surface area contributed by atoms with E-state index in [1.807, 2.05) is 12.1 Å². The molecule has 2 aliphatic rings. The van der Waals surface area contributed by atoms with Gasteiger partial charge in [-0.3, -0.25) is 9.80 Å². The number of benzene rings is 1. The molecule has 0 amide bonds. The molecule has 0 saturated carbocycles. The van der Waals surface area contributed by atoms with Crippen LogP contribution in [0.25, 0.3) is 0 Å². The van der Waals surface area contributed by atoms with Crippen LogP contribution in [-0.2, 0) is 6.54 Å². The molecule has 7 heteroatoms. The minimum atomic E-state index is -0.177. The summed E-state index contributed by atoms with van der Waals surface area (Å²) in [6, 6.07) is 7.42. The van der Waals surface area contributed by atoms with Gasteiger partial charge in [-0.15, -0.1) is 0 Å². The Bertz CT molecular complexity index is 618. The Kier molecular flexibility index (Phi) is 3.97. The number of rotatable bonds is 4. The van der Waals surface area contributed by atoms with Gasteiger partial charge in [0, 0.05) is 57.5 Å². The van der Waals surface area contributed by atoms with Gasteiger partial charge in [-0.25, -0.2) is 9.02 Å². The first-order valence-electron chi connectivity index (χ1n) is 8.01. The van der Waals surface area contributed by atoms with E-state index in [-0.39, 0.29) is 5.82 Å². The second kappa shape index (κ2) is 6.25. The average Bonchev–Trinajstić information content (AvgIpc) is 3.05. The first-order valence-corrected chi connectivity index (χ1v) is 8.01. The van der Waals surface area contributed by atoms with Gasteiger partial charge in [0.2, 0.25) is 0 Å². The summed E-state index contributed by atoms with van der Waals surface area (Å²) in [5, 5.41) is 7.48. The van der Waals surface area contributed by atoms with E-state index in [0.717, 1.165) is 57.2 Å². The maximum absolute atomic E-state index is 13.0. The molecule has 0 spiro atoms. The van der Waals surface area contributed by atoms with Crippen LogP contribution in [0, 0.1) is 5.82 Å². The Labute approximate surface area is 134 Å². The summed E-state index contributed by atoms with van der Waals surface area (Å²) in [6.45, 7) is 7.07. The van der Waals surface area contributed by atoms with Crippen molar-refractivity contribution in [3.8, 4) is 0 Å². The predicted octanol–water partition coefficient (Wildman–Crippen LogP) is 1.22. The van der Waals surface area contributed by atoms with E-state index < -0.39 is 0 Å². The summed E-state index contributed by atoms with van der Waals surface area (Å²) in [5.41, 5.74) is 2.00. The highest BCUT2D eigenvalue weighted by molar-refractivity contribution is 5.46. The number of anilines is 1. The first-order chi connectivity index (χ1) is 11.3. The van der Waals surface area contributed by atoms with E-state index in [9.17, 15) is 4.39 Å². The predicted molar refractivity (Wildman–Crippen MR) is 83.5 cm³/mol. The minimum absolute atomic E-state index is 0.177. The fourth-order valence-corrected chi connectivity index (χ4v) is 3.38. The maximum atomic E-state index is 13.0. The van der Waals surface area contributed by atoms with Crippen molar-refractivity contribution in [3.63, 3.8) is 0 Å². The Morgan fingerprint density at radius 1 is 1.09 bits per heavy atom. The highest BCUT2D eigenvalue weighted by atomic mass is 19.1. The zero-order valence-electron chi connectivity index (χ0n) is 12.9. The smallest absolute Gasteiger partial charge is 0.123 e. The van der Waals surface area contributed by atoms with Crippen molar-refractivity contribution in [2.24, 2.45) is 0 Å². The van der Waals surface area contributed by atoms with E-state index in [1.165, 1.54) is 12.1 Å². The molecule has 6 nitrogen and oxygen atoms in total. The van der Waals surface area contributed by atoms with Crippen molar-refractivity contribution in [2.75, 3.05) is 44.2 Å². The number of hydrogen-bond acceptors (Lipinski definition) is 6. The number of piperazine rings is 1. The van der Waals surface area contributed by atoms with Crippen molar-refractivity contribution in [3.05, 3.63) is 42.0 Å². The minimum Gasteiger partial charge on any atom is -0.369 e. The van der Waals surface area contributed by atoms with Crippen molar-refractivity contribution < 1.29 is 9.02 Å². The van der Waals surface area contributed by atoms with E-state index >= 15 is 0 Å². The van der Waals surface area contributed by atoms with Crippen LogP contribution in [0.5, 0.6) is 0 Å². The van der Waals surface area contributed by atoms with Gasteiger partial charge >= 0.3 is 0 Å². The summed E-state index contributed by atoms with van der Waals surface area (Å²) < 4.78 is 17.6. The van der Waals surface area contributed by atoms with Gasteiger partial charge in [0.1, 0.15) is 11.5 Å². The number of aromatic nitrogens is 2. The van der Waals surface area contributed by atoms with Crippen molar-refractivity contribution >= 4 is 5.69 Å². The van der Waals surface area contributed by atoms with E-state index in [1.54, 1.807) is 6.20 Å². The molecule has 0 bridgehead atoms. The molecule has 2 aliphatic heterocycles. The van der Waals surface area contributed by atoms with Crippen LogP contribution in [0.3, 0.4) is 0 Å². The molecule has 0 N–H and O–H groups in total. The van der Waals surface area contributed by atoms with Crippen LogP contribution in [0.2, 0.25) is 0 Å². The molecule has 0 aliphatic carbocycles. The summed E-state index contributed by atoms with van der Waals surface area (Å²) in [4.78, 5) is 7.24. The van der Waals surface area contributed by atoms with Crippen molar-refractivity contribution in [1.29, 1.82) is 0 Å². The Balaban J connectivity index is 1.24. The lowest BCUT2D eigenvalue weighted by Crippen LogP contribution is -2.62. The fourth-order valence-electron chi connectivity index (χ4n) is 3.38. The number of hydrogen-bond donors (Lipinski definition) is 0. The summed E-state index contributed by atoms with van der Waals surface area (Å²) in [7, 11) is 0. The molecule has 1 aromatic heterocycles. The second-order valence-corrected chi connectivity index (χ2v) is 6.25. The van der Waals surface area contributed by atoms with Gasteiger partial charge in [-0.05, 0) is 24.3 Å². The third-order valence-electron chi connectivity index (χ3n) is 4.75. The van der Waals surface area contributed by atoms with Crippen LogP contribution < -0.4 is 4.90 Å². The monoisotopic (exact) mass is 317 g/mol. The van der Waals surface area contributed by atoms with Gasteiger partial charge in [-0.1, -0.05) is 10.3 Å². The van der Waals surface area contributed by atoms with Gasteiger partial charge in [0.15, 0.2) is 0 Å².